The predicted octanol–water partition coefficient (Wildman–Crippen LogP) is 4.56. The first kappa shape index (κ1) is 22.5. The van der Waals surface area contributed by atoms with Crippen molar-refractivity contribution in [2.24, 2.45) is 5.92 Å². The summed E-state index contributed by atoms with van der Waals surface area (Å²) in [7, 11) is 0. The Morgan fingerprint density at radius 2 is 1.75 bits per heavy atom. The van der Waals surface area contributed by atoms with Crippen molar-refractivity contribution in [3.05, 3.63) is 65.2 Å². The van der Waals surface area contributed by atoms with Crippen LogP contribution in [0.4, 0.5) is 5.69 Å². The lowest BCUT2D eigenvalue weighted by Gasteiger charge is -2.27. The van der Waals surface area contributed by atoms with Crippen LogP contribution in [-0.4, -0.2) is 31.1 Å². The average Bonchev–Trinajstić information content (AvgIpc) is 3.52. The number of ether oxygens (including phenoxy) is 1. The zero-order valence-corrected chi connectivity index (χ0v) is 19.0. The van der Waals surface area contributed by atoms with Crippen LogP contribution in [0.5, 0.6) is 0 Å². The van der Waals surface area contributed by atoms with Crippen LogP contribution in [0, 0.1) is 12.8 Å². The third kappa shape index (κ3) is 5.77. The van der Waals surface area contributed by atoms with Crippen molar-refractivity contribution in [2.45, 2.75) is 64.5 Å². The van der Waals surface area contributed by atoms with Gasteiger partial charge in [0.2, 0.25) is 11.8 Å². The molecule has 0 spiro atoms. The second-order valence-electron chi connectivity index (χ2n) is 9.11. The highest BCUT2D eigenvalue weighted by Crippen LogP contribution is 2.30. The van der Waals surface area contributed by atoms with Gasteiger partial charge in [0.1, 0.15) is 0 Å². The summed E-state index contributed by atoms with van der Waals surface area (Å²) >= 11 is 0. The molecular weight excluding hydrogens is 400 g/mol. The van der Waals surface area contributed by atoms with Crippen LogP contribution in [0.3, 0.4) is 0 Å². The number of anilines is 1. The molecule has 1 aliphatic heterocycles. The van der Waals surface area contributed by atoms with Gasteiger partial charge < -0.3 is 15.0 Å². The van der Waals surface area contributed by atoms with Gasteiger partial charge in [-0.25, -0.2) is 0 Å². The first-order chi connectivity index (χ1) is 15.6. The Bertz CT molecular complexity index is 913. The van der Waals surface area contributed by atoms with Gasteiger partial charge in [-0.3, -0.25) is 9.59 Å². The number of nitrogens with one attached hydrogen (secondary N) is 1. The summed E-state index contributed by atoms with van der Waals surface area (Å²) in [6.45, 7) is 4.03. The van der Waals surface area contributed by atoms with E-state index in [0.29, 0.717) is 19.5 Å². The lowest BCUT2D eigenvalue weighted by molar-refractivity contribution is -0.122. The fraction of sp³-hybridized carbons (Fsp3) is 0.481. The molecular formula is C27H34N2O3. The third-order valence-corrected chi connectivity index (χ3v) is 6.72. The zero-order chi connectivity index (χ0) is 22.3. The van der Waals surface area contributed by atoms with E-state index in [9.17, 15) is 9.59 Å². The van der Waals surface area contributed by atoms with E-state index >= 15 is 0 Å². The molecule has 1 N–H and O–H groups in total. The van der Waals surface area contributed by atoms with Crippen molar-refractivity contribution in [3.8, 4) is 0 Å². The Hall–Kier alpha value is -2.66. The number of aryl methyl sites for hydroxylation is 1. The number of carbonyl (C=O) groups is 2. The molecule has 2 aliphatic rings. The molecule has 0 radical (unpaired) electrons. The molecule has 5 heteroatoms. The summed E-state index contributed by atoms with van der Waals surface area (Å²) in [4.78, 5) is 27.6. The van der Waals surface area contributed by atoms with E-state index in [-0.39, 0.29) is 23.8 Å². The number of rotatable bonds is 8. The maximum absolute atomic E-state index is 13.4. The minimum absolute atomic E-state index is 0.00653. The van der Waals surface area contributed by atoms with Crippen molar-refractivity contribution < 1.29 is 14.3 Å². The first-order valence-corrected chi connectivity index (χ1v) is 11.9. The highest BCUT2D eigenvalue weighted by Gasteiger charge is 2.28. The number of benzene rings is 2. The van der Waals surface area contributed by atoms with Crippen LogP contribution < -0.4 is 10.2 Å². The fourth-order valence-electron chi connectivity index (χ4n) is 4.72. The van der Waals surface area contributed by atoms with Crippen LogP contribution in [0.2, 0.25) is 0 Å². The highest BCUT2D eigenvalue weighted by molar-refractivity contribution is 5.95. The lowest BCUT2D eigenvalue weighted by Crippen LogP contribution is -2.35. The van der Waals surface area contributed by atoms with Gasteiger partial charge >= 0.3 is 0 Å². The molecule has 2 aromatic rings. The van der Waals surface area contributed by atoms with E-state index in [1.54, 1.807) is 0 Å². The molecule has 0 bridgehead atoms. The standard InChI is InChI=1S/C27H34N2O3/c1-20-7-2-3-10-23(20)19-29(27(31)22-8-4-5-9-22)24-14-12-21(13-15-24)17-26(30)28-18-25-11-6-16-32-25/h2-3,7,10,12-15,22,25H,4-6,8-9,11,16-19H2,1H3,(H,28,30)/t25-/m0/s1. The molecule has 1 heterocycles. The lowest BCUT2D eigenvalue weighted by atomic mass is 10.0. The van der Waals surface area contributed by atoms with Gasteiger partial charge in [0, 0.05) is 24.8 Å². The minimum atomic E-state index is 0.00653. The van der Waals surface area contributed by atoms with Crippen molar-refractivity contribution in [1.82, 2.24) is 5.32 Å². The summed E-state index contributed by atoms with van der Waals surface area (Å²) < 4.78 is 5.57. The van der Waals surface area contributed by atoms with Crippen LogP contribution in [0.25, 0.3) is 0 Å². The smallest absolute Gasteiger partial charge is 0.230 e. The highest BCUT2D eigenvalue weighted by atomic mass is 16.5. The quantitative estimate of drug-likeness (QED) is 0.663. The second-order valence-corrected chi connectivity index (χ2v) is 9.11. The summed E-state index contributed by atoms with van der Waals surface area (Å²) in [5.74, 6) is 0.335. The van der Waals surface area contributed by atoms with Gasteiger partial charge in [-0.2, -0.15) is 0 Å². The summed E-state index contributed by atoms with van der Waals surface area (Å²) in [6, 6.07) is 16.1. The van der Waals surface area contributed by atoms with E-state index in [1.807, 2.05) is 41.3 Å². The molecule has 32 heavy (non-hydrogen) atoms. The van der Waals surface area contributed by atoms with Crippen LogP contribution in [0.15, 0.2) is 48.5 Å². The second kappa shape index (κ2) is 10.8. The monoisotopic (exact) mass is 434 g/mol. The summed E-state index contributed by atoms with van der Waals surface area (Å²) in [5.41, 5.74) is 4.20. The van der Waals surface area contributed by atoms with Gasteiger partial charge in [-0.15, -0.1) is 0 Å². The summed E-state index contributed by atoms with van der Waals surface area (Å²) in [6.07, 6.45) is 6.79. The van der Waals surface area contributed by atoms with Gasteiger partial charge in [0.25, 0.3) is 0 Å². The molecule has 1 saturated heterocycles. The van der Waals surface area contributed by atoms with E-state index in [2.05, 4.69) is 24.4 Å². The number of carbonyl (C=O) groups excluding carboxylic acids is 2. The topological polar surface area (TPSA) is 58.6 Å². The fourth-order valence-corrected chi connectivity index (χ4v) is 4.72. The third-order valence-electron chi connectivity index (χ3n) is 6.72. The molecule has 5 nitrogen and oxygen atoms in total. The van der Waals surface area contributed by atoms with Crippen LogP contribution in [0.1, 0.15) is 55.2 Å². The summed E-state index contributed by atoms with van der Waals surface area (Å²) in [5, 5.41) is 2.98. The molecule has 1 atom stereocenters. The SMILES string of the molecule is Cc1ccccc1CN(C(=O)C1CCCC1)c1ccc(CC(=O)NC[C@@H]2CCCO2)cc1. The van der Waals surface area contributed by atoms with Crippen molar-refractivity contribution in [3.63, 3.8) is 0 Å². The molecule has 1 aliphatic carbocycles. The van der Waals surface area contributed by atoms with Crippen LogP contribution >= 0.6 is 0 Å². The molecule has 0 unspecified atom stereocenters. The number of hydrogen-bond donors (Lipinski definition) is 1. The Labute approximate surface area is 191 Å². The molecule has 1 saturated carbocycles. The average molecular weight is 435 g/mol. The molecule has 2 amide bonds. The van der Waals surface area contributed by atoms with Gasteiger partial charge in [-0.1, -0.05) is 49.2 Å². The van der Waals surface area contributed by atoms with Gasteiger partial charge in [-0.05, 0) is 61.4 Å². The van der Waals surface area contributed by atoms with Crippen molar-refractivity contribution >= 4 is 17.5 Å². The van der Waals surface area contributed by atoms with E-state index in [1.165, 1.54) is 5.56 Å². The van der Waals surface area contributed by atoms with E-state index in [0.717, 1.165) is 61.9 Å². The van der Waals surface area contributed by atoms with E-state index < -0.39 is 0 Å². The van der Waals surface area contributed by atoms with Crippen molar-refractivity contribution in [1.29, 1.82) is 0 Å². The molecule has 2 fully saturated rings. The minimum Gasteiger partial charge on any atom is -0.376 e. The van der Waals surface area contributed by atoms with E-state index in [4.69, 9.17) is 4.74 Å². The van der Waals surface area contributed by atoms with Crippen molar-refractivity contribution in [2.75, 3.05) is 18.1 Å². The number of amides is 2. The number of nitrogens with zero attached hydrogens (tertiary/aromatic N) is 1. The van der Waals surface area contributed by atoms with Gasteiger partial charge in [0.05, 0.1) is 19.1 Å². The Kier molecular flexibility index (Phi) is 7.59. The molecule has 2 aromatic carbocycles. The Balaban J connectivity index is 1.43. The predicted molar refractivity (Wildman–Crippen MR) is 126 cm³/mol. The maximum Gasteiger partial charge on any atom is 0.230 e. The number of hydrogen-bond acceptors (Lipinski definition) is 3. The largest absolute Gasteiger partial charge is 0.376 e. The van der Waals surface area contributed by atoms with Gasteiger partial charge in [0.15, 0.2) is 0 Å². The molecule has 4 rings (SSSR count). The molecule has 0 aromatic heterocycles. The first-order valence-electron chi connectivity index (χ1n) is 11.9. The Morgan fingerprint density at radius 3 is 2.44 bits per heavy atom. The molecule has 170 valence electrons. The normalized spacial score (nSPS) is 18.6. The van der Waals surface area contributed by atoms with Crippen LogP contribution in [-0.2, 0) is 27.3 Å². The zero-order valence-electron chi connectivity index (χ0n) is 19.0. The Morgan fingerprint density at radius 1 is 1.00 bits per heavy atom. The maximum atomic E-state index is 13.4.